The molecule has 1 aromatic heterocycles. The molecule has 0 aliphatic rings. The fourth-order valence-electron chi connectivity index (χ4n) is 1.32. The molecular weight excluding hydrogens is 274 g/mol. The number of hydrogen-bond donors (Lipinski definition) is 1. The van der Waals surface area contributed by atoms with Crippen molar-refractivity contribution < 1.29 is 5.11 Å². The van der Waals surface area contributed by atoms with Crippen molar-refractivity contribution in [1.29, 1.82) is 0 Å². The van der Waals surface area contributed by atoms with Crippen LogP contribution in [0.5, 0.6) is 0 Å². The maximum absolute atomic E-state index is 8.90. The van der Waals surface area contributed by atoms with Crippen LogP contribution in [0.3, 0.4) is 0 Å². The van der Waals surface area contributed by atoms with Gasteiger partial charge in [-0.25, -0.2) is 4.98 Å². The zero-order valence-electron chi connectivity index (χ0n) is 7.98. The van der Waals surface area contributed by atoms with Gasteiger partial charge in [-0.15, -0.1) is 11.3 Å². The number of halogens is 1. The number of nitrogens with zero attached hydrogens (tertiary/aromatic N) is 1. The standard InChI is InChI=1S/C11H10BrNOS/c12-9-3-1-2-8(4-9)5-11-13-10(6-14)7-15-11/h1-4,7,14H,5-6H2. The van der Waals surface area contributed by atoms with Crippen LogP contribution in [0, 0.1) is 0 Å². The summed E-state index contributed by atoms with van der Waals surface area (Å²) < 4.78 is 1.08. The summed E-state index contributed by atoms with van der Waals surface area (Å²) in [5.41, 5.74) is 1.98. The summed E-state index contributed by atoms with van der Waals surface area (Å²) in [5, 5.41) is 11.8. The summed E-state index contributed by atoms with van der Waals surface area (Å²) >= 11 is 5.03. The first-order valence-corrected chi connectivity index (χ1v) is 6.24. The Kier molecular flexibility index (Phi) is 3.51. The number of aliphatic hydroxyl groups is 1. The monoisotopic (exact) mass is 283 g/mol. The van der Waals surface area contributed by atoms with E-state index >= 15 is 0 Å². The van der Waals surface area contributed by atoms with E-state index in [4.69, 9.17) is 5.11 Å². The van der Waals surface area contributed by atoms with Gasteiger partial charge in [-0.2, -0.15) is 0 Å². The van der Waals surface area contributed by atoms with Gasteiger partial charge in [0, 0.05) is 16.3 Å². The van der Waals surface area contributed by atoms with Gasteiger partial charge in [0.25, 0.3) is 0 Å². The van der Waals surface area contributed by atoms with Crippen LogP contribution in [0.2, 0.25) is 0 Å². The smallest absolute Gasteiger partial charge is 0.0973 e. The first-order chi connectivity index (χ1) is 7.28. The minimum atomic E-state index is 0.0228. The summed E-state index contributed by atoms with van der Waals surface area (Å²) in [6.07, 6.45) is 0.824. The molecule has 15 heavy (non-hydrogen) atoms. The van der Waals surface area contributed by atoms with Crippen LogP contribution in [0.4, 0.5) is 0 Å². The van der Waals surface area contributed by atoms with E-state index in [1.165, 1.54) is 5.56 Å². The molecule has 0 unspecified atom stereocenters. The van der Waals surface area contributed by atoms with E-state index in [-0.39, 0.29) is 6.61 Å². The van der Waals surface area contributed by atoms with Crippen molar-refractivity contribution in [3.05, 3.63) is 50.4 Å². The van der Waals surface area contributed by atoms with E-state index in [0.29, 0.717) is 0 Å². The first-order valence-electron chi connectivity index (χ1n) is 4.56. The largest absolute Gasteiger partial charge is 0.390 e. The molecule has 0 atom stereocenters. The fraction of sp³-hybridized carbons (Fsp3) is 0.182. The first kappa shape index (κ1) is 10.8. The molecule has 1 N–H and O–H groups in total. The quantitative estimate of drug-likeness (QED) is 0.940. The van der Waals surface area contributed by atoms with Gasteiger partial charge < -0.3 is 5.11 Å². The van der Waals surface area contributed by atoms with E-state index in [9.17, 15) is 0 Å². The second-order valence-electron chi connectivity index (χ2n) is 3.20. The zero-order chi connectivity index (χ0) is 10.7. The average molecular weight is 284 g/mol. The van der Waals surface area contributed by atoms with Crippen LogP contribution in [0.1, 0.15) is 16.3 Å². The molecule has 0 amide bonds. The van der Waals surface area contributed by atoms with Gasteiger partial charge in [-0.1, -0.05) is 28.1 Å². The number of rotatable bonds is 3. The van der Waals surface area contributed by atoms with E-state index in [1.54, 1.807) is 11.3 Å². The molecule has 78 valence electrons. The van der Waals surface area contributed by atoms with Gasteiger partial charge in [0.2, 0.25) is 0 Å². The number of aromatic nitrogens is 1. The van der Waals surface area contributed by atoms with Gasteiger partial charge in [0.15, 0.2) is 0 Å². The van der Waals surface area contributed by atoms with Crippen LogP contribution >= 0.6 is 27.3 Å². The maximum Gasteiger partial charge on any atom is 0.0973 e. The van der Waals surface area contributed by atoms with Crippen LogP contribution in [0.25, 0.3) is 0 Å². The number of aliphatic hydroxyl groups excluding tert-OH is 1. The highest BCUT2D eigenvalue weighted by atomic mass is 79.9. The third-order valence-corrected chi connectivity index (χ3v) is 3.40. The molecule has 0 saturated heterocycles. The van der Waals surface area contributed by atoms with E-state index in [2.05, 4.69) is 33.0 Å². The number of hydrogen-bond acceptors (Lipinski definition) is 3. The third kappa shape index (κ3) is 2.87. The molecule has 0 spiro atoms. The van der Waals surface area contributed by atoms with Crippen LogP contribution in [0.15, 0.2) is 34.1 Å². The minimum absolute atomic E-state index is 0.0228. The van der Waals surface area contributed by atoms with Crippen LogP contribution < -0.4 is 0 Å². The van der Waals surface area contributed by atoms with Gasteiger partial charge in [0.05, 0.1) is 17.3 Å². The SMILES string of the molecule is OCc1csc(Cc2cccc(Br)c2)n1. The highest BCUT2D eigenvalue weighted by Crippen LogP contribution is 2.17. The molecule has 0 fully saturated rings. The highest BCUT2D eigenvalue weighted by molar-refractivity contribution is 9.10. The van der Waals surface area contributed by atoms with Crippen molar-refractivity contribution in [3.63, 3.8) is 0 Å². The lowest BCUT2D eigenvalue weighted by atomic mass is 10.2. The number of thiazole rings is 1. The molecule has 0 bridgehead atoms. The summed E-state index contributed by atoms with van der Waals surface area (Å²) in [7, 11) is 0. The second-order valence-corrected chi connectivity index (χ2v) is 5.06. The Bertz CT molecular complexity index is 455. The molecule has 1 heterocycles. The average Bonchev–Trinajstić information content (AvgIpc) is 2.65. The van der Waals surface area contributed by atoms with Gasteiger partial charge >= 0.3 is 0 Å². The molecule has 2 rings (SSSR count). The minimum Gasteiger partial charge on any atom is -0.390 e. The molecule has 2 aromatic rings. The van der Waals surface area contributed by atoms with Gasteiger partial charge in [-0.05, 0) is 17.7 Å². The van der Waals surface area contributed by atoms with Crippen molar-refractivity contribution in [1.82, 2.24) is 4.98 Å². The fourth-order valence-corrected chi connectivity index (χ4v) is 2.59. The molecule has 1 aromatic carbocycles. The highest BCUT2D eigenvalue weighted by Gasteiger charge is 2.02. The normalized spacial score (nSPS) is 10.5. The molecular formula is C11H10BrNOS. The molecule has 0 aliphatic heterocycles. The zero-order valence-corrected chi connectivity index (χ0v) is 10.4. The van der Waals surface area contributed by atoms with Crippen molar-refractivity contribution in [2.75, 3.05) is 0 Å². The molecule has 0 radical (unpaired) electrons. The Labute approximate surface area is 101 Å². The molecule has 2 nitrogen and oxygen atoms in total. The van der Waals surface area contributed by atoms with Crippen molar-refractivity contribution >= 4 is 27.3 Å². The van der Waals surface area contributed by atoms with Crippen molar-refractivity contribution in [2.45, 2.75) is 13.0 Å². The van der Waals surface area contributed by atoms with Crippen LogP contribution in [-0.2, 0) is 13.0 Å². The van der Waals surface area contributed by atoms with E-state index < -0.39 is 0 Å². The maximum atomic E-state index is 8.90. The summed E-state index contributed by atoms with van der Waals surface area (Å²) in [6.45, 7) is 0.0228. The Morgan fingerprint density at radius 1 is 1.40 bits per heavy atom. The summed E-state index contributed by atoms with van der Waals surface area (Å²) in [6, 6.07) is 8.18. The molecule has 0 aliphatic carbocycles. The topological polar surface area (TPSA) is 33.1 Å². The van der Waals surface area contributed by atoms with E-state index in [0.717, 1.165) is 21.6 Å². The van der Waals surface area contributed by atoms with Gasteiger partial charge in [-0.3, -0.25) is 0 Å². The third-order valence-electron chi connectivity index (χ3n) is 2.01. The van der Waals surface area contributed by atoms with Crippen LogP contribution in [-0.4, -0.2) is 10.1 Å². The van der Waals surface area contributed by atoms with Crippen molar-refractivity contribution in [3.8, 4) is 0 Å². The second kappa shape index (κ2) is 4.88. The lowest BCUT2D eigenvalue weighted by Gasteiger charge is -1.98. The Hall–Kier alpha value is -0.710. The number of benzene rings is 1. The van der Waals surface area contributed by atoms with Gasteiger partial charge in [0.1, 0.15) is 0 Å². The Morgan fingerprint density at radius 3 is 2.93 bits per heavy atom. The van der Waals surface area contributed by atoms with E-state index in [1.807, 2.05) is 17.5 Å². The Morgan fingerprint density at radius 2 is 2.27 bits per heavy atom. The molecule has 0 saturated carbocycles. The summed E-state index contributed by atoms with van der Waals surface area (Å²) in [4.78, 5) is 4.31. The Balaban J connectivity index is 2.14. The lowest BCUT2D eigenvalue weighted by Crippen LogP contribution is -1.88. The molecule has 4 heteroatoms. The predicted octanol–water partition coefficient (Wildman–Crippen LogP) is 2.99. The summed E-state index contributed by atoms with van der Waals surface area (Å²) in [5.74, 6) is 0. The lowest BCUT2D eigenvalue weighted by molar-refractivity contribution is 0.277. The predicted molar refractivity (Wildman–Crippen MR) is 65.0 cm³/mol. The van der Waals surface area contributed by atoms with Crippen molar-refractivity contribution in [2.24, 2.45) is 0 Å².